The fourth-order valence-corrected chi connectivity index (χ4v) is 4.40. The molecule has 0 unspecified atom stereocenters. The van der Waals surface area contributed by atoms with E-state index in [2.05, 4.69) is 20.8 Å². The van der Waals surface area contributed by atoms with E-state index in [1.165, 1.54) is 16.4 Å². The van der Waals surface area contributed by atoms with Crippen LogP contribution in [0.15, 0.2) is 47.4 Å². The van der Waals surface area contributed by atoms with Crippen molar-refractivity contribution >= 4 is 15.7 Å². The quantitative estimate of drug-likeness (QED) is 0.540. The standard InChI is InChI=1S/C20H24N2O6S/c1-20(2,3)15-5-4-6-16(13-15)28-19-8-7-17(14-18(19)22(23)24)29(25,26)21-9-11-27-12-10-21/h4-8,13-14H,9-12H2,1-3H3. The fourth-order valence-electron chi connectivity index (χ4n) is 2.98. The Morgan fingerprint density at radius 2 is 1.79 bits per heavy atom. The highest BCUT2D eigenvalue weighted by atomic mass is 32.2. The zero-order chi connectivity index (χ0) is 21.2. The van der Waals surface area contributed by atoms with Crippen molar-refractivity contribution in [2.45, 2.75) is 31.1 Å². The van der Waals surface area contributed by atoms with Gasteiger partial charge in [-0.2, -0.15) is 4.31 Å². The van der Waals surface area contributed by atoms with Crippen molar-refractivity contribution in [3.8, 4) is 11.5 Å². The number of nitro groups is 1. The summed E-state index contributed by atoms with van der Waals surface area (Å²) >= 11 is 0. The van der Waals surface area contributed by atoms with Crippen LogP contribution in [0.2, 0.25) is 0 Å². The third-order valence-electron chi connectivity index (χ3n) is 4.66. The Balaban J connectivity index is 1.94. The van der Waals surface area contributed by atoms with Crippen molar-refractivity contribution in [1.29, 1.82) is 0 Å². The molecule has 2 aromatic rings. The molecule has 29 heavy (non-hydrogen) atoms. The number of rotatable bonds is 5. The van der Waals surface area contributed by atoms with E-state index in [1.807, 2.05) is 18.2 Å². The van der Waals surface area contributed by atoms with Crippen LogP contribution in [-0.4, -0.2) is 43.9 Å². The lowest BCUT2D eigenvalue weighted by atomic mass is 9.87. The highest BCUT2D eigenvalue weighted by molar-refractivity contribution is 7.89. The molecule has 3 rings (SSSR count). The molecule has 1 aliphatic heterocycles. The molecule has 0 atom stereocenters. The van der Waals surface area contributed by atoms with E-state index in [1.54, 1.807) is 6.07 Å². The first-order valence-corrected chi connectivity index (χ1v) is 10.7. The number of hydrogen-bond acceptors (Lipinski definition) is 6. The third-order valence-corrected chi connectivity index (χ3v) is 6.56. The molecule has 0 aromatic heterocycles. The SMILES string of the molecule is CC(C)(C)c1cccc(Oc2ccc(S(=O)(=O)N3CCOCC3)cc2[N+](=O)[O-])c1. The minimum atomic E-state index is -3.84. The highest BCUT2D eigenvalue weighted by Gasteiger charge is 2.29. The lowest BCUT2D eigenvalue weighted by Crippen LogP contribution is -2.40. The molecule has 2 aromatic carbocycles. The summed E-state index contributed by atoms with van der Waals surface area (Å²) in [6.07, 6.45) is 0. The third kappa shape index (κ3) is 4.75. The van der Waals surface area contributed by atoms with Crippen molar-refractivity contribution in [3.05, 3.63) is 58.1 Å². The van der Waals surface area contributed by atoms with Gasteiger partial charge in [-0.25, -0.2) is 8.42 Å². The largest absolute Gasteiger partial charge is 0.450 e. The second-order valence-electron chi connectivity index (χ2n) is 7.78. The van der Waals surface area contributed by atoms with Crippen LogP contribution in [0.4, 0.5) is 5.69 Å². The van der Waals surface area contributed by atoms with Gasteiger partial charge in [-0.05, 0) is 35.2 Å². The number of sulfonamides is 1. The highest BCUT2D eigenvalue weighted by Crippen LogP contribution is 2.35. The zero-order valence-electron chi connectivity index (χ0n) is 16.6. The Morgan fingerprint density at radius 3 is 2.41 bits per heavy atom. The maximum absolute atomic E-state index is 12.8. The first kappa shape index (κ1) is 21.2. The lowest BCUT2D eigenvalue weighted by Gasteiger charge is -2.26. The molecule has 0 aliphatic carbocycles. The number of nitro benzene ring substituents is 1. The lowest BCUT2D eigenvalue weighted by molar-refractivity contribution is -0.385. The number of nitrogens with zero attached hydrogens (tertiary/aromatic N) is 2. The van der Waals surface area contributed by atoms with Gasteiger partial charge in [0, 0.05) is 19.2 Å². The first-order chi connectivity index (χ1) is 13.6. The Bertz CT molecular complexity index is 1010. The molecule has 0 N–H and O–H groups in total. The van der Waals surface area contributed by atoms with Crippen LogP contribution in [0.1, 0.15) is 26.3 Å². The summed E-state index contributed by atoms with van der Waals surface area (Å²) in [4.78, 5) is 10.8. The topological polar surface area (TPSA) is 99.0 Å². The van der Waals surface area contributed by atoms with E-state index >= 15 is 0 Å². The molecule has 0 spiro atoms. The summed E-state index contributed by atoms with van der Waals surface area (Å²) < 4.78 is 37.8. The Labute approximate surface area is 170 Å². The van der Waals surface area contributed by atoms with Crippen molar-refractivity contribution in [2.75, 3.05) is 26.3 Å². The summed E-state index contributed by atoms with van der Waals surface area (Å²) in [5.41, 5.74) is 0.506. The predicted molar refractivity (Wildman–Crippen MR) is 108 cm³/mol. The summed E-state index contributed by atoms with van der Waals surface area (Å²) in [5.74, 6) is 0.436. The number of morpholine rings is 1. The molecule has 9 heteroatoms. The Hall–Kier alpha value is -2.49. The van der Waals surface area contributed by atoms with Gasteiger partial charge in [-0.15, -0.1) is 0 Å². The van der Waals surface area contributed by atoms with E-state index in [-0.39, 0.29) is 29.1 Å². The fraction of sp³-hybridized carbons (Fsp3) is 0.400. The number of ether oxygens (including phenoxy) is 2. The smallest absolute Gasteiger partial charge is 0.312 e. The molecule has 156 valence electrons. The summed E-state index contributed by atoms with van der Waals surface area (Å²) in [7, 11) is -3.84. The van der Waals surface area contributed by atoms with E-state index in [0.29, 0.717) is 19.0 Å². The molecule has 1 aliphatic rings. The van der Waals surface area contributed by atoms with Crippen LogP contribution in [-0.2, 0) is 20.2 Å². The average molecular weight is 420 g/mol. The minimum Gasteiger partial charge on any atom is -0.450 e. The Kier molecular flexibility index (Phi) is 5.92. The monoisotopic (exact) mass is 420 g/mol. The van der Waals surface area contributed by atoms with Crippen LogP contribution in [0.3, 0.4) is 0 Å². The molecule has 1 heterocycles. The molecule has 1 saturated heterocycles. The van der Waals surface area contributed by atoms with Crippen molar-refractivity contribution < 1.29 is 22.8 Å². The molecular weight excluding hydrogens is 396 g/mol. The van der Waals surface area contributed by atoms with Crippen molar-refractivity contribution in [1.82, 2.24) is 4.31 Å². The maximum atomic E-state index is 12.8. The predicted octanol–water partition coefficient (Wildman–Crippen LogP) is 3.71. The van der Waals surface area contributed by atoms with Gasteiger partial charge in [-0.1, -0.05) is 32.9 Å². The zero-order valence-corrected chi connectivity index (χ0v) is 17.4. The van der Waals surface area contributed by atoms with Gasteiger partial charge < -0.3 is 9.47 Å². The molecule has 0 amide bonds. The molecule has 0 bridgehead atoms. The van der Waals surface area contributed by atoms with Gasteiger partial charge in [0.15, 0.2) is 0 Å². The summed E-state index contributed by atoms with van der Waals surface area (Å²) in [6.45, 7) is 7.20. The maximum Gasteiger partial charge on any atom is 0.312 e. The Morgan fingerprint density at radius 1 is 1.10 bits per heavy atom. The minimum absolute atomic E-state index is 0.0120. The van der Waals surface area contributed by atoms with E-state index in [4.69, 9.17) is 9.47 Å². The van der Waals surface area contributed by atoms with E-state index in [0.717, 1.165) is 11.6 Å². The van der Waals surface area contributed by atoms with Gasteiger partial charge >= 0.3 is 5.69 Å². The molecule has 1 fully saturated rings. The molecule has 0 radical (unpaired) electrons. The normalized spacial score (nSPS) is 15.8. The average Bonchev–Trinajstić information content (AvgIpc) is 2.68. The van der Waals surface area contributed by atoms with Crippen LogP contribution in [0.25, 0.3) is 0 Å². The van der Waals surface area contributed by atoms with Crippen LogP contribution in [0.5, 0.6) is 11.5 Å². The molecule has 8 nitrogen and oxygen atoms in total. The second-order valence-corrected chi connectivity index (χ2v) is 9.72. The molecule has 0 saturated carbocycles. The van der Waals surface area contributed by atoms with Crippen LogP contribution < -0.4 is 4.74 Å². The van der Waals surface area contributed by atoms with Gasteiger partial charge in [0.05, 0.1) is 23.0 Å². The van der Waals surface area contributed by atoms with Gasteiger partial charge in [0.2, 0.25) is 15.8 Å². The van der Waals surface area contributed by atoms with Crippen LogP contribution >= 0.6 is 0 Å². The van der Waals surface area contributed by atoms with Gasteiger partial charge in [0.25, 0.3) is 0 Å². The summed E-state index contributed by atoms with van der Waals surface area (Å²) in [6, 6.07) is 11.0. The molecular formula is C20H24N2O6S. The first-order valence-electron chi connectivity index (χ1n) is 9.24. The van der Waals surface area contributed by atoms with Crippen molar-refractivity contribution in [3.63, 3.8) is 0 Å². The number of benzene rings is 2. The van der Waals surface area contributed by atoms with E-state index in [9.17, 15) is 18.5 Å². The van der Waals surface area contributed by atoms with Crippen LogP contribution in [0, 0.1) is 10.1 Å². The van der Waals surface area contributed by atoms with Gasteiger partial charge in [-0.3, -0.25) is 10.1 Å². The second kappa shape index (κ2) is 8.10. The van der Waals surface area contributed by atoms with Crippen molar-refractivity contribution in [2.24, 2.45) is 0 Å². The van der Waals surface area contributed by atoms with Gasteiger partial charge in [0.1, 0.15) is 5.75 Å². The van der Waals surface area contributed by atoms with E-state index < -0.39 is 20.6 Å². The summed E-state index contributed by atoms with van der Waals surface area (Å²) in [5, 5.41) is 11.6. The number of hydrogen-bond donors (Lipinski definition) is 0.